The number of benzene rings is 9. The van der Waals surface area contributed by atoms with Crippen molar-refractivity contribution in [3.05, 3.63) is 206 Å². The summed E-state index contributed by atoms with van der Waals surface area (Å²) in [4.78, 5) is 2.30. The normalized spacial score (nSPS) is 11.6. The van der Waals surface area contributed by atoms with Gasteiger partial charge in [-0.2, -0.15) is 0 Å². The summed E-state index contributed by atoms with van der Waals surface area (Å²) in [6, 6.07) is 73.7. The van der Waals surface area contributed by atoms with Crippen LogP contribution in [0.15, 0.2) is 211 Å². The Bertz CT molecular complexity index is 3180. The van der Waals surface area contributed by atoms with Gasteiger partial charge in [0, 0.05) is 50.4 Å². The van der Waals surface area contributed by atoms with Gasteiger partial charge in [-0.25, -0.2) is 0 Å². The van der Waals surface area contributed by atoms with Gasteiger partial charge in [0.1, 0.15) is 11.2 Å². The van der Waals surface area contributed by atoms with E-state index in [2.05, 4.69) is 216 Å². The molecule has 0 aliphatic heterocycles. The third-order valence-corrected chi connectivity index (χ3v) is 11.0. The predicted molar refractivity (Wildman–Crippen MR) is 231 cm³/mol. The van der Waals surface area contributed by atoms with E-state index in [-0.39, 0.29) is 0 Å². The van der Waals surface area contributed by atoms with Crippen molar-refractivity contribution in [1.29, 1.82) is 0 Å². The van der Waals surface area contributed by atoms with E-state index in [0.29, 0.717) is 0 Å². The summed E-state index contributed by atoms with van der Waals surface area (Å²) in [5, 5.41) is 7.11. The van der Waals surface area contributed by atoms with E-state index in [1.807, 2.05) is 0 Å². The number of nitrogens with zero attached hydrogens (tertiary/aromatic N) is 2. The van der Waals surface area contributed by atoms with Crippen molar-refractivity contribution in [3.63, 3.8) is 0 Å². The van der Waals surface area contributed by atoms with E-state index in [4.69, 9.17) is 4.42 Å². The molecule has 55 heavy (non-hydrogen) atoms. The van der Waals surface area contributed by atoms with Gasteiger partial charge in [0.15, 0.2) is 0 Å². The number of furan rings is 1. The van der Waals surface area contributed by atoms with Crippen LogP contribution in [0.1, 0.15) is 0 Å². The fraction of sp³-hybridized carbons (Fsp3) is 0. The average molecular weight is 703 g/mol. The zero-order valence-corrected chi connectivity index (χ0v) is 29.9. The van der Waals surface area contributed by atoms with E-state index in [9.17, 15) is 0 Å². The van der Waals surface area contributed by atoms with Gasteiger partial charge < -0.3 is 13.9 Å². The topological polar surface area (TPSA) is 21.3 Å². The van der Waals surface area contributed by atoms with Crippen molar-refractivity contribution < 1.29 is 4.42 Å². The second-order valence-corrected chi connectivity index (χ2v) is 14.1. The molecular weight excluding hydrogens is 669 g/mol. The summed E-state index contributed by atoms with van der Waals surface area (Å²) in [6.07, 6.45) is 0. The van der Waals surface area contributed by atoms with Gasteiger partial charge in [-0.1, -0.05) is 133 Å². The molecule has 0 amide bonds. The molecule has 0 saturated carbocycles. The lowest BCUT2D eigenvalue weighted by Gasteiger charge is -2.25. The highest BCUT2D eigenvalue weighted by molar-refractivity contribution is 6.22. The lowest BCUT2D eigenvalue weighted by atomic mass is 9.94. The Morgan fingerprint density at radius 3 is 1.69 bits per heavy atom. The number of rotatable bonds is 6. The molecule has 0 bridgehead atoms. The molecule has 3 nitrogen and oxygen atoms in total. The van der Waals surface area contributed by atoms with Crippen LogP contribution in [0.25, 0.3) is 82.5 Å². The molecule has 0 N–H and O–H groups in total. The second kappa shape index (κ2) is 12.6. The summed E-state index contributed by atoms with van der Waals surface area (Å²) in [5.41, 5.74) is 13.2. The molecule has 9 aromatic carbocycles. The Labute approximate surface area is 318 Å². The predicted octanol–water partition coefficient (Wildman–Crippen LogP) is 14.6. The third kappa shape index (κ3) is 5.13. The molecule has 0 atom stereocenters. The van der Waals surface area contributed by atoms with Gasteiger partial charge in [-0.3, -0.25) is 0 Å². The highest BCUT2D eigenvalue weighted by Gasteiger charge is 2.20. The molecule has 0 spiro atoms. The van der Waals surface area contributed by atoms with E-state index < -0.39 is 0 Å². The zero-order chi connectivity index (χ0) is 36.3. The van der Waals surface area contributed by atoms with Crippen LogP contribution in [0.5, 0.6) is 0 Å². The minimum atomic E-state index is 0.858. The van der Waals surface area contributed by atoms with Crippen LogP contribution in [0, 0.1) is 0 Å². The number of para-hydroxylation sites is 3. The lowest BCUT2D eigenvalue weighted by Crippen LogP contribution is -2.09. The number of aromatic nitrogens is 1. The van der Waals surface area contributed by atoms with Crippen LogP contribution >= 0.6 is 0 Å². The van der Waals surface area contributed by atoms with Gasteiger partial charge in [-0.05, 0) is 99.8 Å². The Hall–Kier alpha value is -7.36. The van der Waals surface area contributed by atoms with Crippen LogP contribution in [0.3, 0.4) is 0 Å². The first-order valence-electron chi connectivity index (χ1n) is 18.8. The van der Waals surface area contributed by atoms with Crippen molar-refractivity contribution in [2.24, 2.45) is 0 Å². The monoisotopic (exact) mass is 702 g/mol. The van der Waals surface area contributed by atoms with Crippen LogP contribution < -0.4 is 4.90 Å². The van der Waals surface area contributed by atoms with Crippen LogP contribution in [0.2, 0.25) is 0 Å². The van der Waals surface area contributed by atoms with Crippen molar-refractivity contribution in [2.75, 3.05) is 4.90 Å². The number of anilines is 3. The Balaban J connectivity index is 1.08. The molecule has 0 aliphatic rings. The van der Waals surface area contributed by atoms with Gasteiger partial charge >= 0.3 is 0 Å². The second-order valence-electron chi connectivity index (χ2n) is 14.1. The number of hydrogen-bond donors (Lipinski definition) is 0. The molecule has 0 fully saturated rings. The standard InChI is InChI=1S/C52H34N2O/c1-4-14-35(15-5-1)36-24-27-40(28-25-36)53(38-16-6-2-7-17-38)41-29-31-46-50(33-41)55-51-34-47(42-20-10-11-22-45(42)52(46)51)37-26-30-44-43-21-12-13-23-48(43)54(49(44)32-37)39-18-8-3-9-19-39/h1-34H. The Kier molecular flexibility index (Phi) is 7.17. The maximum absolute atomic E-state index is 6.86. The van der Waals surface area contributed by atoms with Crippen molar-refractivity contribution in [2.45, 2.75) is 0 Å². The van der Waals surface area contributed by atoms with Gasteiger partial charge in [0.25, 0.3) is 0 Å². The molecule has 0 aliphatic carbocycles. The molecule has 2 heterocycles. The third-order valence-electron chi connectivity index (χ3n) is 11.0. The molecule has 258 valence electrons. The Morgan fingerprint density at radius 1 is 0.345 bits per heavy atom. The highest BCUT2D eigenvalue weighted by Crippen LogP contribution is 2.44. The summed E-state index contributed by atoms with van der Waals surface area (Å²) in [6.45, 7) is 0. The van der Waals surface area contributed by atoms with Crippen LogP contribution in [-0.4, -0.2) is 4.57 Å². The minimum Gasteiger partial charge on any atom is -0.456 e. The SMILES string of the molecule is c1ccc(-c2ccc(N(c3ccccc3)c3ccc4c(c3)oc3cc(-c5ccc6c7ccccc7n(-c7ccccc7)c6c5)c5ccccc5c34)cc2)cc1. The molecule has 0 radical (unpaired) electrons. The molecule has 2 aromatic heterocycles. The lowest BCUT2D eigenvalue weighted by molar-refractivity contribution is 0.669. The maximum Gasteiger partial charge on any atom is 0.137 e. The molecule has 0 unspecified atom stereocenters. The highest BCUT2D eigenvalue weighted by atomic mass is 16.3. The van der Waals surface area contributed by atoms with E-state index in [0.717, 1.165) is 55.8 Å². The van der Waals surface area contributed by atoms with Crippen LogP contribution in [0.4, 0.5) is 17.1 Å². The average Bonchev–Trinajstić information content (AvgIpc) is 3.80. The number of hydrogen-bond acceptors (Lipinski definition) is 2. The summed E-state index contributed by atoms with van der Waals surface area (Å²) in [7, 11) is 0. The first kappa shape index (κ1) is 31.2. The van der Waals surface area contributed by atoms with E-state index in [1.54, 1.807) is 0 Å². The van der Waals surface area contributed by atoms with Crippen molar-refractivity contribution >= 4 is 71.6 Å². The minimum absolute atomic E-state index is 0.858. The molecule has 11 rings (SSSR count). The largest absolute Gasteiger partial charge is 0.456 e. The molecule has 0 saturated heterocycles. The smallest absolute Gasteiger partial charge is 0.137 e. The van der Waals surface area contributed by atoms with Gasteiger partial charge in [0.2, 0.25) is 0 Å². The summed E-state index contributed by atoms with van der Waals surface area (Å²) < 4.78 is 9.24. The zero-order valence-electron chi connectivity index (χ0n) is 29.9. The first-order chi connectivity index (χ1) is 27.3. The van der Waals surface area contributed by atoms with E-state index in [1.165, 1.54) is 43.7 Å². The fourth-order valence-corrected chi connectivity index (χ4v) is 8.46. The Morgan fingerprint density at radius 2 is 0.909 bits per heavy atom. The maximum atomic E-state index is 6.86. The summed E-state index contributed by atoms with van der Waals surface area (Å²) in [5.74, 6) is 0. The van der Waals surface area contributed by atoms with Crippen molar-refractivity contribution in [3.8, 4) is 27.9 Å². The summed E-state index contributed by atoms with van der Waals surface area (Å²) >= 11 is 0. The van der Waals surface area contributed by atoms with Crippen molar-refractivity contribution in [1.82, 2.24) is 4.57 Å². The van der Waals surface area contributed by atoms with Crippen LogP contribution in [-0.2, 0) is 0 Å². The van der Waals surface area contributed by atoms with E-state index >= 15 is 0 Å². The fourth-order valence-electron chi connectivity index (χ4n) is 8.46. The van der Waals surface area contributed by atoms with Gasteiger partial charge in [-0.15, -0.1) is 0 Å². The molecule has 11 aromatic rings. The molecular formula is C52H34N2O. The molecule has 3 heteroatoms. The first-order valence-corrected chi connectivity index (χ1v) is 18.8. The quantitative estimate of drug-likeness (QED) is 0.172. The number of fused-ring (bicyclic) bond motifs is 8. The van der Waals surface area contributed by atoms with Gasteiger partial charge in [0.05, 0.1) is 11.0 Å².